The molecule has 7 aliphatic rings. The summed E-state index contributed by atoms with van der Waals surface area (Å²) in [4.78, 5) is 34.3. The summed E-state index contributed by atoms with van der Waals surface area (Å²) in [6, 6.07) is 0. The monoisotopic (exact) mass is 798 g/mol. The van der Waals surface area contributed by atoms with E-state index < -0.39 is 46.2 Å². The Morgan fingerprint density at radius 3 is 1.73 bits per heavy atom. The highest BCUT2D eigenvalue weighted by molar-refractivity contribution is 6.93. The van der Waals surface area contributed by atoms with E-state index in [2.05, 4.69) is 78.3 Å². The zero-order chi connectivity index (χ0) is 38.6. The van der Waals surface area contributed by atoms with Crippen LogP contribution in [0, 0.1) is 47.3 Å². The van der Waals surface area contributed by atoms with Crippen molar-refractivity contribution in [1.82, 2.24) is 0 Å². The highest BCUT2D eigenvalue weighted by atomic mass is 28.5. The number of hydrogen-bond donors (Lipinski definition) is 0. The molecule has 10 nitrogen and oxygen atoms in total. The van der Waals surface area contributed by atoms with Crippen LogP contribution in [-0.4, -0.2) is 70.0 Å². The first-order valence-electron chi connectivity index (χ1n) is 20.5. The van der Waals surface area contributed by atoms with Crippen molar-refractivity contribution < 1.29 is 45.1 Å². The van der Waals surface area contributed by atoms with Crippen molar-refractivity contribution in [3.63, 3.8) is 0 Å². The molecule has 0 N–H and O–H groups in total. The minimum absolute atomic E-state index is 0.144. The maximum Gasteiger partial charge on any atom is 0.320 e. The van der Waals surface area contributed by atoms with Gasteiger partial charge in [-0.05, 0) is 133 Å². The summed E-state index contributed by atoms with van der Waals surface area (Å²) < 4.78 is 42.5. The van der Waals surface area contributed by atoms with Crippen molar-refractivity contribution in [2.45, 2.75) is 175 Å². The molecule has 3 aliphatic carbocycles. The number of carbonyl (C=O) groups excluding carboxylic acids is 3. The molecule has 7 rings (SSSR count). The predicted octanol–water partition coefficient (Wildman–Crippen LogP) is 8.72. The van der Waals surface area contributed by atoms with Gasteiger partial charge >= 0.3 is 52.2 Å². The van der Waals surface area contributed by atoms with Gasteiger partial charge in [0.25, 0.3) is 0 Å². The molecule has 7 fully saturated rings. The SMILES string of the molecule is CC1C(=O)OC(=O)C1C.CC1C2CC(C(=O)OC3(C4CC5CCC4O5)CCCC3)C(C2)C1C.CCC(C)[Si]1(C)O[Si](C)(C)O[Si](C)(C)O[Si](C)(C)O1. The van der Waals surface area contributed by atoms with Crippen LogP contribution in [0.4, 0.5) is 0 Å². The summed E-state index contributed by atoms with van der Waals surface area (Å²) in [5.74, 6) is 2.31. The molecule has 4 heterocycles. The molecule has 0 aromatic carbocycles. The lowest BCUT2D eigenvalue weighted by Crippen LogP contribution is -2.66. The van der Waals surface area contributed by atoms with E-state index in [-0.39, 0.29) is 29.3 Å². The van der Waals surface area contributed by atoms with E-state index in [4.69, 9.17) is 25.9 Å². The second-order valence-electron chi connectivity index (χ2n) is 18.9. The number of esters is 3. The lowest BCUT2D eigenvalue weighted by molar-refractivity contribution is -0.176. The number of rotatable bonds is 5. The molecule has 3 saturated carbocycles. The molecule has 0 aromatic rings. The van der Waals surface area contributed by atoms with Crippen LogP contribution in [0.15, 0.2) is 0 Å². The van der Waals surface area contributed by atoms with Crippen molar-refractivity contribution in [3.05, 3.63) is 0 Å². The smallest absolute Gasteiger partial charge is 0.320 e. The Morgan fingerprint density at radius 1 is 0.788 bits per heavy atom. The van der Waals surface area contributed by atoms with Gasteiger partial charge in [0.15, 0.2) is 0 Å². The first-order valence-corrected chi connectivity index (χ1v) is 31.3. The van der Waals surface area contributed by atoms with Gasteiger partial charge in [0, 0.05) is 5.92 Å². The van der Waals surface area contributed by atoms with Gasteiger partial charge in [-0.3, -0.25) is 14.4 Å². The fraction of sp³-hybridized carbons (Fsp3) is 0.921. The predicted molar refractivity (Wildman–Crippen MR) is 209 cm³/mol. The number of hydrogen-bond acceptors (Lipinski definition) is 10. The zero-order valence-electron chi connectivity index (χ0n) is 34.5. The fourth-order valence-corrected chi connectivity index (χ4v) is 32.5. The molecule has 4 saturated heterocycles. The van der Waals surface area contributed by atoms with E-state index >= 15 is 0 Å². The first-order chi connectivity index (χ1) is 24.0. The Morgan fingerprint density at radius 2 is 1.33 bits per heavy atom. The van der Waals surface area contributed by atoms with E-state index in [0.29, 0.717) is 35.5 Å². The lowest BCUT2D eigenvalue weighted by Gasteiger charge is -2.49. The summed E-state index contributed by atoms with van der Waals surface area (Å²) in [6.45, 7) is 27.4. The van der Waals surface area contributed by atoms with Gasteiger partial charge in [0.2, 0.25) is 0 Å². The van der Waals surface area contributed by atoms with Crippen molar-refractivity contribution >= 4 is 52.2 Å². The van der Waals surface area contributed by atoms with E-state index in [9.17, 15) is 14.4 Å². The number of cyclic esters (lactones) is 2. The van der Waals surface area contributed by atoms with Crippen LogP contribution in [0.3, 0.4) is 0 Å². The Bertz CT molecular complexity index is 1280. The highest BCUT2D eigenvalue weighted by Gasteiger charge is 2.58. The van der Waals surface area contributed by atoms with Crippen molar-refractivity contribution in [2.24, 2.45) is 47.3 Å². The van der Waals surface area contributed by atoms with Crippen molar-refractivity contribution in [1.29, 1.82) is 0 Å². The zero-order valence-corrected chi connectivity index (χ0v) is 38.5. The Kier molecular flexibility index (Phi) is 12.8. The first kappa shape index (κ1) is 42.4. The molecule has 298 valence electrons. The Hall–Kier alpha value is -0.722. The van der Waals surface area contributed by atoms with Gasteiger partial charge in [-0.25, -0.2) is 0 Å². The van der Waals surface area contributed by atoms with Gasteiger partial charge in [-0.15, -0.1) is 0 Å². The topological polar surface area (TPSA) is 116 Å². The molecule has 4 aliphatic heterocycles. The standard InChI is InChI=1S/C21H32O3.C11H30O4Si4.C6H8O3/c1-12-13(2)16-9-14(12)10-17(16)20(22)24-21(7-3-4-8-21)18-11-15-5-6-19(18)23-15;1-10-11(2)19(9)14-17(5,6)12-16(3,4)13-18(7,8)15-19;1-3-4(2)6(8)9-5(3)7/h12-19H,3-11H2,1-2H3;11H,10H2,1-9H3;3-4H,1-2H3. The number of carbonyl (C=O) groups is 3. The van der Waals surface area contributed by atoms with Crippen LogP contribution < -0.4 is 0 Å². The van der Waals surface area contributed by atoms with E-state index in [1.807, 2.05) is 0 Å². The quantitative estimate of drug-likeness (QED) is 0.152. The summed E-state index contributed by atoms with van der Waals surface area (Å²) in [6.07, 6.45) is 12.3. The van der Waals surface area contributed by atoms with Gasteiger partial charge in [0.1, 0.15) is 5.60 Å². The maximum absolute atomic E-state index is 13.1. The highest BCUT2D eigenvalue weighted by Crippen LogP contribution is 2.57. The Balaban J connectivity index is 0.000000167. The molecule has 0 radical (unpaired) electrons. The second kappa shape index (κ2) is 15.7. The molecule has 14 heteroatoms. The van der Waals surface area contributed by atoms with E-state index in [0.717, 1.165) is 43.9 Å². The third kappa shape index (κ3) is 9.11. The number of fused-ring (bicyclic) bond motifs is 4. The molecule has 0 aromatic heterocycles. The molecule has 11 unspecified atom stereocenters. The Labute approximate surface area is 318 Å². The van der Waals surface area contributed by atoms with Gasteiger partial charge < -0.3 is 30.7 Å². The van der Waals surface area contributed by atoms with Crippen LogP contribution in [0.2, 0.25) is 51.4 Å². The van der Waals surface area contributed by atoms with Crippen LogP contribution >= 0.6 is 0 Å². The van der Waals surface area contributed by atoms with Gasteiger partial charge in [-0.2, -0.15) is 0 Å². The average Bonchev–Trinajstić information content (AvgIpc) is 3.89. The molecular formula is C38H70O10Si4. The second-order valence-corrected chi connectivity index (χ2v) is 33.6. The molecule has 11 atom stereocenters. The van der Waals surface area contributed by atoms with Gasteiger partial charge in [0.05, 0.1) is 30.0 Å². The van der Waals surface area contributed by atoms with Crippen molar-refractivity contribution in [2.75, 3.05) is 0 Å². The van der Waals surface area contributed by atoms with E-state index in [1.54, 1.807) is 13.8 Å². The van der Waals surface area contributed by atoms with Crippen LogP contribution in [0.25, 0.3) is 0 Å². The third-order valence-electron chi connectivity index (χ3n) is 13.8. The summed E-state index contributed by atoms with van der Waals surface area (Å²) in [5, 5.41) is 0. The minimum Gasteiger partial charge on any atom is -0.458 e. The van der Waals surface area contributed by atoms with Gasteiger partial charge in [-0.1, -0.05) is 48.0 Å². The van der Waals surface area contributed by atoms with Crippen LogP contribution in [-0.2, 0) is 45.1 Å². The molecule has 0 spiro atoms. The van der Waals surface area contributed by atoms with E-state index in [1.165, 1.54) is 32.1 Å². The van der Waals surface area contributed by atoms with Crippen molar-refractivity contribution in [3.8, 4) is 0 Å². The fourth-order valence-electron chi connectivity index (χ4n) is 10.7. The summed E-state index contributed by atoms with van der Waals surface area (Å²) >= 11 is 0. The third-order valence-corrected chi connectivity index (χ3v) is 31.1. The average molecular weight is 799 g/mol. The van der Waals surface area contributed by atoms with Crippen LogP contribution in [0.1, 0.15) is 106 Å². The largest absolute Gasteiger partial charge is 0.458 e. The minimum atomic E-state index is -2.26. The normalized spacial score (nSPS) is 40.8. The molecule has 4 bridgehead atoms. The van der Waals surface area contributed by atoms with Crippen LogP contribution in [0.5, 0.6) is 0 Å². The molecular weight excluding hydrogens is 729 g/mol. The maximum atomic E-state index is 13.1. The number of ether oxygens (including phenoxy) is 3. The molecule has 52 heavy (non-hydrogen) atoms. The molecule has 0 amide bonds. The lowest BCUT2D eigenvalue weighted by atomic mass is 9.74. The summed E-state index contributed by atoms with van der Waals surface area (Å²) in [5.41, 5.74) is 0.259. The summed E-state index contributed by atoms with van der Waals surface area (Å²) in [7, 11) is -8.80.